The fourth-order valence-corrected chi connectivity index (χ4v) is 5.09. The van der Waals surface area contributed by atoms with Crippen LogP contribution in [0, 0.1) is 0 Å². The average molecular weight is 521 g/mol. The van der Waals surface area contributed by atoms with E-state index in [1.807, 2.05) is 6.92 Å². The third-order valence-electron chi connectivity index (χ3n) is 5.71. The van der Waals surface area contributed by atoms with Crippen LogP contribution in [0.1, 0.15) is 38.2 Å². The van der Waals surface area contributed by atoms with Gasteiger partial charge in [0.05, 0.1) is 22.9 Å². The lowest BCUT2D eigenvalue weighted by atomic mass is 10.1. The lowest BCUT2D eigenvalue weighted by Crippen LogP contribution is -2.27. The summed E-state index contributed by atoms with van der Waals surface area (Å²) in [5.74, 6) is -0.508. The van der Waals surface area contributed by atoms with Gasteiger partial charge in [0.1, 0.15) is 11.9 Å². The Morgan fingerprint density at radius 3 is 2.61 bits per heavy atom. The number of rotatable bonds is 12. The van der Waals surface area contributed by atoms with Gasteiger partial charge >= 0.3 is 0 Å². The molecule has 1 aromatic carbocycles. The van der Waals surface area contributed by atoms with Gasteiger partial charge in [-0.05, 0) is 38.3 Å². The highest BCUT2D eigenvalue weighted by molar-refractivity contribution is 7.91. The van der Waals surface area contributed by atoms with E-state index >= 15 is 0 Å². The first-order valence-electron chi connectivity index (χ1n) is 11.7. The van der Waals surface area contributed by atoms with Gasteiger partial charge in [0.2, 0.25) is 0 Å². The van der Waals surface area contributed by atoms with E-state index in [1.165, 1.54) is 42.1 Å². The Labute approximate surface area is 210 Å². The molecule has 3 rings (SSSR count). The maximum Gasteiger partial charge on any atom is 0.279 e. The molecule has 196 valence electrons. The van der Waals surface area contributed by atoms with Crippen molar-refractivity contribution in [2.75, 3.05) is 31.4 Å². The topological polar surface area (TPSA) is 138 Å². The van der Waals surface area contributed by atoms with Crippen molar-refractivity contribution in [3.63, 3.8) is 0 Å². The van der Waals surface area contributed by atoms with Crippen molar-refractivity contribution in [2.45, 2.75) is 49.7 Å². The number of hydrogen-bond donors (Lipinski definition) is 1. The number of sulfone groups is 1. The smallest absolute Gasteiger partial charge is 0.279 e. The normalized spacial score (nSPS) is 18.2. The van der Waals surface area contributed by atoms with Crippen LogP contribution in [0.15, 0.2) is 51.5 Å². The number of methoxy groups -OCH3 is 1. The second kappa shape index (κ2) is 12.7. The molecule has 0 saturated heterocycles. The number of carbonyl (C=O) groups excluding carboxylic acids is 1. The van der Waals surface area contributed by atoms with Crippen molar-refractivity contribution in [3.8, 4) is 0 Å². The van der Waals surface area contributed by atoms with Crippen LogP contribution in [-0.2, 0) is 36.0 Å². The van der Waals surface area contributed by atoms with Gasteiger partial charge < -0.3 is 24.2 Å². The van der Waals surface area contributed by atoms with Gasteiger partial charge in [0.25, 0.3) is 11.5 Å². The van der Waals surface area contributed by atoms with Gasteiger partial charge in [-0.3, -0.25) is 9.59 Å². The largest absolute Gasteiger partial charge is 0.392 e. The summed E-state index contributed by atoms with van der Waals surface area (Å²) < 4.78 is 37.0. The first-order chi connectivity index (χ1) is 17.2. The van der Waals surface area contributed by atoms with Crippen molar-refractivity contribution in [1.29, 1.82) is 0 Å². The van der Waals surface area contributed by atoms with Crippen LogP contribution in [0.2, 0.25) is 0 Å². The van der Waals surface area contributed by atoms with Crippen molar-refractivity contribution in [2.24, 2.45) is 12.2 Å². The summed E-state index contributed by atoms with van der Waals surface area (Å²) >= 11 is 0. The highest BCUT2D eigenvalue weighted by Gasteiger charge is 2.27. The van der Waals surface area contributed by atoms with Gasteiger partial charge in [0.15, 0.2) is 15.5 Å². The highest BCUT2D eigenvalue weighted by Crippen LogP contribution is 2.25. The van der Waals surface area contributed by atoms with E-state index in [1.54, 1.807) is 7.05 Å². The van der Waals surface area contributed by atoms with E-state index in [9.17, 15) is 18.0 Å². The molecule has 1 N–H and O–H groups in total. The maximum atomic E-state index is 13.1. The Hall–Kier alpha value is -3.09. The lowest BCUT2D eigenvalue weighted by molar-refractivity contribution is -0.110. The minimum atomic E-state index is -3.50. The molecule has 2 aromatic rings. The second-order valence-corrected chi connectivity index (χ2v) is 10.5. The van der Waals surface area contributed by atoms with Crippen LogP contribution >= 0.6 is 0 Å². The van der Waals surface area contributed by atoms with Gasteiger partial charge in [-0.1, -0.05) is 17.3 Å². The van der Waals surface area contributed by atoms with Gasteiger partial charge in [-0.15, -0.1) is 0 Å². The molecule has 0 bridgehead atoms. The van der Waals surface area contributed by atoms with Gasteiger partial charge in [0, 0.05) is 45.6 Å². The number of hydrogen-bond acceptors (Lipinski definition) is 9. The van der Waals surface area contributed by atoms with Crippen LogP contribution in [0.25, 0.3) is 0 Å². The number of carbonyl (C=O) groups is 1. The number of aryl methyl sites for hydroxylation is 1. The van der Waals surface area contributed by atoms with Crippen molar-refractivity contribution in [3.05, 3.63) is 52.6 Å². The minimum absolute atomic E-state index is 0.0474. The van der Waals surface area contributed by atoms with E-state index in [2.05, 4.69) is 15.5 Å². The number of anilines is 1. The molecule has 11 nitrogen and oxygen atoms in total. The highest BCUT2D eigenvalue weighted by atomic mass is 32.2. The molecule has 1 amide bonds. The molecule has 12 heteroatoms. The fraction of sp³-hybridized carbons (Fsp3) is 0.500. The Kier molecular flexibility index (Phi) is 9.73. The van der Waals surface area contributed by atoms with Crippen LogP contribution in [0.4, 0.5) is 5.82 Å². The van der Waals surface area contributed by atoms with Crippen LogP contribution in [0.5, 0.6) is 0 Å². The quantitative estimate of drug-likeness (QED) is 0.254. The van der Waals surface area contributed by atoms with E-state index in [0.29, 0.717) is 31.6 Å². The molecule has 0 spiro atoms. The number of ether oxygens (including phenoxy) is 2. The molecular formula is C24H32N4O7S. The Balaban J connectivity index is 1.83. The van der Waals surface area contributed by atoms with Gasteiger partial charge in [-0.25, -0.2) is 13.4 Å². The first-order valence-corrected chi connectivity index (χ1v) is 13.4. The van der Waals surface area contributed by atoms with Crippen LogP contribution in [0.3, 0.4) is 0 Å². The Morgan fingerprint density at radius 1 is 1.22 bits per heavy atom. The molecule has 0 aliphatic heterocycles. The van der Waals surface area contributed by atoms with Crippen molar-refractivity contribution >= 4 is 27.3 Å². The monoisotopic (exact) mass is 520 g/mol. The molecule has 0 radical (unpaired) electrons. The number of nitrogens with zero attached hydrogens (tertiary/aromatic N) is 3. The predicted octanol–water partition coefficient (Wildman–Crippen LogP) is 1.91. The molecule has 1 aromatic heterocycles. The third kappa shape index (κ3) is 7.45. The second-order valence-electron chi connectivity index (χ2n) is 8.42. The zero-order valence-electron chi connectivity index (χ0n) is 20.7. The Morgan fingerprint density at radius 2 is 1.94 bits per heavy atom. The van der Waals surface area contributed by atoms with E-state index in [0.717, 1.165) is 19.0 Å². The van der Waals surface area contributed by atoms with E-state index < -0.39 is 15.7 Å². The van der Waals surface area contributed by atoms with Crippen LogP contribution in [-0.4, -0.2) is 67.9 Å². The third-order valence-corrected chi connectivity index (χ3v) is 7.53. The molecule has 0 unspecified atom stereocenters. The van der Waals surface area contributed by atoms with Crippen molar-refractivity contribution in [1.82, 2.24) is 9.55 Å². The Bertz CT molecular complexity index is 1230. The zero-order valence-corrected chi connectivity index (χ0v) is 21.5. The molecule has 2 atom stereocenters. The average Bonchev–Trinajstić information content (AvgIpc) is 3.29. The maximum absolute atomic E-state index is 13.1. The molecular weight excluding hydrogens is 488 g/mol. The lowest BCUT2D eigenvalue weighted by Gasteiger charge is -2.13. The van der Waals surface area contributed by atoms with Crippen LogP contribution < -0.4 is 10.9 Å². The standard InChI is InChI=1S/C24H32N4O7S/c1-4-34-18-8-9-19(14-18)35-27-23(24(30)26-21-16-28(2)22(29)15-25-21)17-6-10-20(11-7-17)36(31,32)13-5-12-33-3/h6-7,10-11,15-16,18-19H,4-5,8-9,12-14H2,1-3H3,(H,26,30)/t18-,19-/m1/s1. The molecule has 1 heterocycles. The number of amides is 1. The number of oxime groups is 1. The van der Waals surface area contributed by atoms with E-state index in [-0.39, 0.29) is 39.9 Å². The summed E-state index contributed by atoms with van der Waals surface area (Å²) in [5.41, 5.74) is -0.000957. The molecule has 1 aliphatic rings. The molecule has 36 heavy (non-hydrogen) atoms. The first kappa shape index (κ1) is 27.5. The summed E-state index contributed by atoms with van der Waals surface area (Å²) in [6.45, 7) is 2.89. The summed E-state index contributed by atoms with van der Waals surface area (Å²) in [6.07, 6.45) is 4.98. The summed E-state index contributed by atoms with van der Waals surface area (Å²) in [5, 5.41) is 6.76. The number of benzene rings is 1. The summed E-state index contributed by atoms with van der Waals surface area (Å²) in [4.78, 5) is 34.5. The SMILES string of the molecule is CCO[C@@H]1CC[C@@H](ON=C(C(=O)Nc2cn(C)c(=O)cn2)c2ccc(S(=O)(=O)CCCOC)cc2)C1. The van der Waals surface area contributed by atoms with Crippen molar-refractivity contribution < 1.29 is 27.5 Å². The molecule has 1 aliphatic carbocycles. The summed E-state index contributed by atoms with van der Waals surface area (Å²) in [6, 6.07) is 5.89. The number of nitrogens with one attached hydrogen (secondary N) is 1. The predicted molar refractivity (Wildman–Crippen MR) is 134 cm³/mol. The van der Waals surface area contributed by atoms with Gasteiger partial charge in [-0.2, -0.15) is 0 Å². The fourth-order valence-electron chi connectivity index (χ4n) is 3.80. The molecule has 1 saturated carbocycles. The summed E-state index contributed by atoms with van der Waals surface area (Å²) in [7, 11) is -0.441. The molecule has 1 fully saturated rings. The zero-order chi connectivity index (χ0) is 26.1. The minimum Gasteiger partial charge on any atom is -0.392 e. The number of aromatic nitrogens is 2. The van der Waals surface area contributed by atoms with E-state index in [4.69, 9.17) is 14.3 Å².